The molecular weight excluding hydrogens is 312 g/mol. The number of amides is 1. The summed E-state index contributed by atoms with van der Waals surface area (Å²) in [6.07, 6.45) is 3.30. The van der Waals surface area contributed by atoms with Gasteiger partial charge in [-0.3, -0.25) is 9.79 Å². The zero-order chi connectivity index (χ0) is 16.4. The molecule has 0 bridgehead atoms. The number of hydrogen-bond acceptors (Lipinski definition) is 5. The van der Waals surface area contributed by atoms with Gasteiger partial charge < -0.3 is 10.8 Å². The molecule has 1 aliphatic carbocycles. The average Bonchev–Trinajstić information content (AvgIpc) is 2.91. The van der Waals surface area contributed by atoms with Crippen LogP contribution in [-0.2, 0) is 7.05 Å². The van der Waals surface area contributed by atoms with Crippen LogP contribution in [0, 0.1) is 0 Å². The Morgan fingerprint density at radius 3 is 2.57 bits per heavy atom. The third-order valence-corrected chi connectivity index (χ3v) is 5.14. The molecule has 23 heavy (non-hydrogen) atoms. The van der Waals surface area contributed by atoms with E-state index in [-0.39, 0.29) is 12.1 Å². The summed E-state index contributed by atoms with van der Waals surface area (Å²) in [5.74, 6) is -0.434. The van der Waals surface area contributed by atoms with E-state index in [0.717, 1.165) is 41.1 Å². The summed E-state index contributed by atoms with van der Waals surface area (Å²) in [7, 11) is 1.88. The highest BCUT2D eigenvalue weighted by Crippen LogP contribution is 2.22. The van der Waals surface area contributed by atoms with Crippen molar-refractivity contribution in [2.75, 3.05) is 0 Å². The lowest BCUT2D eigenvalue weighted by Crippen LogP contribution is -2.24. The van der Waals surface area contributed by atoms with Gasteiger partial charge in [0, 0.05) is 18.2 Å². The summed E-state index contributed by atoms with van der Waals surface area (Å²) in [4.78, 5) is 16.8. The zero-order valence-corrected chi connectivity index (χ0v) is 13.8. The quantitative estimate of drug-likeness (QED) is 0.891. The Morgan fingerprint density at radius 2 is 1.96 bits per heavy atom. The molecule has 1 fully saturated rings. The molecule has 2 aromatic rings. The Labute approximate surface area is 138 Å². The fourth-order valence-corrected chi connectivity index (χ4v) is 3.66. The van der Waals surface area contributed by atoms with Crippen molar-refractivity contribution < 1.29 is 9.90 Å². The summed E-state index contributed by atoms with van der Waals surface area (Å²) >= 11 is 1.53. The highest BCUT2D eigenvalue weighted by atomic mass is 32.1. The van der Waals surface area contributed by atoms with Crippen molar-refractivity contribution in [1.82, 2.24) is 9.78 Å². The van der Waals surface area contributed by atoms with Gasteiger partial charge in [0.25, 0.3) is 0 Å². The van der Waals surface area contributed by atoms with E-state index in [1.807, 2.05) is 19.2 Å². The van der Waals surface area contributed by atoms with Crippen molar-refractivity contribution in [3.63, 3.8) is 0 Å². The van der Waals surface area contributed by atoms with Gasteiger partial charge in [0.15, 0.2) is 0 Å². The molecule has 3 rings (SSSR count). The van der Waals surface area contributed by atoms with E-state index < -0.39 is 5.91 Å². The number of carbonyl (C=O) groups is 1. The lowest BCUT2D eigenvalue weighted by molar-refractivity contribution is 0.1000. The molecule has 1 amide bonds. The van der Waals surface area contributed by atoms with Gasteiger partial charge in [0.2, 0.25) is 10.7 Å². The third-order valence-electron chi connectivity index (χ3n) is 4.08. The minimum Gasteiger partial charge on any atom is -0.393 e. The molecule has 0 radical (unpaired) electrons. The Morgan fingerprint density at radius 1 is 1.30 bits per heavy atom. The van der Waals surface area contributed by atoms with E-state index in [1.165, 1.54) is 11.3 Å². The second-order valence-electron chi connectivity index (χ2n) is 5.85. The first-order valence-electron chi connectivity index (χ1n) is 7.69. The second kappa shape index (κ2) is 6.64. The van der Waals surface area contributed by atoms with E-state index in [9.17, 15) is 9.90 Å². The van der Waals surface area contributed by atoms with Crippen LogP contribution in [0.1, 0.15) is 36.0 Å². The zero-order valence-electron chi connectivity index (χ0n) is 13.0. The van der Waals surface area contributed by atoms with Gasteiger partial charge in [0.1, 0.15) is 5.01 Å². The number of nitrogens with zero attached hydrogens (tertiary/aromatic N) is 3. The van der Waals surface area contributed by atoms with E-state index in [0.29, 0.717) is 5.56 Å². The maximum atomic E-state index is 11.1. The van der Waals surface area contributed by atoms with Crippen molar-refractivity contribution >= 4 is 17.2 Å². The minimum atomic E-state index is -0.434. The molecule has 1 aromatic heterocycles. The van der Waals surface area contributed by atoms with Crippen LogP contribution in [0.15, 0.2) is 29.3 Å². The third kappa shape index (κ3) is 3.68. The van der Waals surface area contributed by atoms with Crippen LogP contribution in [0.5, 0.6) is 0 Å². The van der Waals surface area contributed by atoms with Gasteiger partial charge in [-0.15, -0.1) is 0 Å². The molecule has 1 heterocycles. The molecule has 1 aliphatic rings. The number of benzene rings is 1. The predicted molar refractivity (Wildman–Crippen MR) is 88.9 cm³/mol. The van der Waals surface area contributed by atoms with E-state index in [2.05, 4.69) is 5.10 Å². The second-order valence-corrected chi connectivity index (χ2v) is 6.80. The Hall–Kier alpha value is -1.99. The van der Waals surface area contributed by atoms with Crippen molar-refractivity contribution in [3.8, 4) is 10.6 Å². The largest absolute Gasteiger partial charge is 0.393 e. The van der Waals surface area contributed by atoms with E-state index in [1.54, 1.807) is 16.8 Å². The van der Waals surface area contributed by atoms with Crippen LogP contribution in [0.4, 0.5) is 0 Å². The molecule has 0 unspecified atom stereocenters. The first kappa shape index (κ1) is 15.9. The van der Waals surface area contributed by atoms with Crippen LogP contribution in [0.25, 0.3) is 10.6 Å². The average molecular weight is 332 g/mol. The fraction of sp³-hybridized carbons (Fsp3) is 0.438. The molecule has 0 spiro atoms. The summed E-state index contributed by atoms with van der Waals surface area (Å²) in [6, 6.07) is 7.37. The Bertz CT molecular complexity index is 755. The Kier molecular flexibility index (Phi) is 4.58. The minimum absolute atomic E-state index is 0.170. The van der Waals surface area contributed by atoms with Crippen molar-refractivity contribution in [1.29, 1.82) is 0 Å². The standard InChI is InChI=1S/C16H20N4O2S/c1-20-16(18-12-6-8-13(21)9-7-12)23-15(19-20)11-4-2-10(3-5-11)14(17)22/h2-5,12-13,21H,6-9H2,1H3,(H2,17,22)/t12-,13-. The molecular formula is C16H20N4O2S. The van der Waals surface area contributed by atoms with Crippen LogP contribution in [0.3, 0.4) is 0 Å². The number of aromatic nitrogens is 2. The van der Waals surface area contributed by atoms with Gasteiger partial charge in [-0.25, -0.2) is 4.68 Å². The molecule has 6 nitrogen and oxygen atoms in total. The SMILES string of the molecule is Cn1nc(-c2ccc(C(N)=O)cc2)sc1=N[C@H]1CC[C@H](O)CC1. The molecule has 7 heteroatoms. The number of carbonyl (C=O) groups excluding carboxylic acids is 1. The van der Waals surface area contributed by atoms with Crippen LogP contribution in [0.2, 0.25) is 0 Å². The topological polar surface area (TPSA) is 93.5 Å². The lowest BCUT2D eigenvalue weighted by Gasteiger charge is -2.21. The molecule has 1 aromatic carbocycles. The normalized spacial score (nSPS) is 22.3. The molecule has 0 saturated heterocycles. The van der Waals surface area contributed by atoms with Gasteiger partial charge in [-0.1, -0.05) is 23.5 Å². The van der Waals surface area contributed by atoms with Gasteiger partial charge in [-0.2, -0.15) is 5.10 Å². The maximum Gasteiger partial charge on any atom is 0.248 e. The van der Waals surface area contributed by atoms with Gasteiger partial charge >= 0.3 is 0 Å². The van der Waals surface area contributed by atoms with Gasteiger partial charge in [0.05, 0.1) is 12.1 Å². The number of aliphatic hydroxyl groups excluding tert-OH is 1. The van der Waals surface area contributed by atoms with Crippen molar-refractivity contribution in [2.24, 2.45) is 17.8 Å². The molecule has 0 atom stereocenters. The number of hydrogen-bond donors (Lipinski definition) is 2. The van der Waals surface area contributed by atoms with Crippen molar-refractivity contribution in [3.05, 3.63) is 34.6 Å². The Balaban J connectivity index is 1.84. The lowest BCUT2D eigenvalue weighted by atomic mass is 9.94. The van der Waals surface area contributed by atoms with E-state index in [4.69, 9.17) is 10.7 Å². The number of primary amides is 1. The number of aliphatic hydroxyl groups is 1. The highest BCUT2D eigenvalue weighted by molar-refractivity contribution is 7.12. The number of rotatable bonds is 3. The molecule has 3 N–H and O–H groups in total. The highest BCUT2D eigenvalue weighted by Gasteiger charge is 2.19. The van der Waals surface area contributed by atoms with Crippen molar-refractivity contribution in [2.45, 2.75) is 37.8 Å². The number of nitrogens with two attached hydrogens (primary N) is 1. The predicted octanol–water partition coefficient (Wildman–Crippen LogP) is 1.45. The smallest absolute Gasteiger partial charge is 0.248 e. The molecule has 1 saturated carbocycles. The summed E-state index contributed by atoms with van der Waals surface area (Å²) in [5.41, 5.74) is 6.68. The summed E-state index contributed by atoms with van der Waals surface area (Å²) < 4.78 is 1.78. The van der Waals surface area contributed by atoms with Crippen LogP contribution in [-0.4, -0.2) is 32.9 Å². The van der Waals surface area contributed by atoms with Crippen LogP contribution >= 0.6 is 11.3 Å². The monoisotopic (exact) mass is 332 g/mol. The van der Waals surface area contributed by atoms with E-state index >= 15 is 0 Å². The fourth-order valence-electron chi connectivity index (χ4n) is 2.70. The number of aryl methyl sites for hydroxylation is 1. The van der Waals surface area contributed by atoms with Crippen LogP contribution < -0.4 is 10.5 Å². The first-order valence-corrected chi connectivity index (χ1v) is 8.51. The summed E-state index contributed by atoms with van der Waals surface area (Å²) in [5, 5.41) is 14.9. The van der Waals surface area contributed by atoms with Gasteiger partial charge in [-0.05, 0) is 37.8 Å². The summed E-state index contributed by atoms with van der Waals surface area (Å²) in [6.45, 7) is 0. The maximum absolute atomic E-state index is 11.1. The molecule has 0 aliphatic heterocycles. The first-order chi connectivity index (χ1) is 11.0. The molecule has 122 valence electrons.